The van der Waals surface area contributed by atoms with Gasteiger partial charge in [-0.05, 0) is 24.7 Å². The van der Waals surface area contributed by atoms with E-state index in [1.165, 1.54) is 0 Å². The Morgan fingerprint density at radius 1 is 1.41 bits per heavy atom. The summed E-state index contributed by atoms with van der Waals surface area (Å²) in [5.41, 5.74) is 1.14. The third-order valence-corrected chi connectivity index (χ3v) is 2.83. The Bertz CT molecular complexity index is 493. The fraction of sp³-hybridized carbons (Fsp3) is 0.308. The molecule has 0 saturated heterocycles. The Balaban J connectivity index is 2.38. The molecule has 0 bridgehead atoms. The highest BCUT2D eigenvalue weighted by atomic mass is 16.5. The quantitative estimate of drug-likeness (QED) is 0.871. The molecule has 1 aromatic carbocycles. The maximum Gasteiger partial charge on any atom is 0.130 e. The number of nitrogens with one attached hydrogen (secondary N) is 1. The van der Waals surface area contributed by atoms with Crippen molar-refractivity contribution in [1.29, 1.82) is 0 Å². The van der Waals surface area contributed by atoms with Crippen LogP contribution in [0.2, 0.25) is 0 Å². The summed E-state index contributed by atoms with van der Waals surface area (Å²) < 4.78 is 7.26. The van der Waals surface area contributed by atoms with Crippen LogP contribution in [-0.2, 0) is 7.05 Å². The van der Waals surface area contributed by atoms with E-state index >= 15 is 0 Å². The van der Waals surface area contributed by atoms with Gasteiger partial charge in [0.15, 0.2) is 0 Å². The highest BCUT2D eigenvalue weighted by molar-refractivity contribution is 5.33. The monoisotopic (exact) mass is 231 g/mol. The molecule has 2 aromatic rings. The van der Waals surface area contributed by atoms with Gasteiger partial charge in [-0.3, -0.25) is 0 Å². The van der Waals surface area contributed by atoms with Crippen molar-refractivity contribution in [3.8, 4) is 5.75 Å². The molecular weight excluding hydrogens is 214 g/mol. The third-order valence-electron chi connectivity index (χ3n) is 2.83. The number of imidazole rings is 1. The molecule has 1 N–H and O–H groups in total. The smallest absolute Gasteiger partial charge is 0.130 e. The largest absolute Gasteiger partial charge is 0.497 e. The molecule has 17 heavy (non-hydrogen) atoms. The van der Waals surface area contributed by atoms with Gasteiger partial charge in [0, 0.05) is 19.4 Å². The highest BCUT2D eigenvalue weighted by Crippen LogP contribution is 2.23. The van der Waals surface area contributed by atoms with Crippen molar-refractivity contribution in [2.45, 2.75) is 6.04 Å². The zero-order chi connectivity index (χ0) is 12.3. The van der Waals surface area contributed by atoms with Gasteiger partial charge in [0.05, 0.1) is 13.2 Å². The van der Waals surface area contributed by atoms with Crippen LogP contribution in [0.3, 0.4) is 0 Å². The number of hydrogen-bond acceptors (Lipinski definition) is 3. The maximum atomic E-state index is 5.24. The fourth-order valence-electron chi connectivity index (χ4n) is 1.92. The number of methoxy groups -OCH3 is 1. The SMILES string of the molecule is CNC(c1cccc(OC)c1)c1nccn1C. The molecule has 90 valence electrons. The van der Waals surface area contributed by atoms with Crippen molar-refractivity contribution in [1.82, 2.24) is 14.9 Å². The summed E-state index contributed by atoms with van der Waals surface area (Å²) in [4.78, 5) is 4.38. The standard InChI is InChI=1S/C13H17N3O/c1-14-12(13-15-7-8-16(13)2)10-5-4-6-11(9-10)17-3/h4-9,12,14H,1-3H3. The lowest BCUT2D eigenvalue weighted by Gasteiger charge is -2.17. The van der Waals surface area contributed by atoms with Gasteiger partial charge >= 0.3 is 0 Å². The number of nitrogens with zero attached hydrogens (tertiary/aromatic N) is 2. The molecule has 0 radical (unpaired) electrons. The van der Waals surface area contributed by atoms with Crippen molar-refractivity contribution in [2.24, 2.45) is 7.05 Å². The van der Waals surface area contributed by atoms with Crippen LogP contribution in [0.25, 0.3) is 0 Å². The molecule has 0 amide bonds. The number of rotatable bonds is 4. The molecule has 4 nitrogen and oxygen atoms in total. The number of benzene rings is 1. The first kappa shape index (κ1) is 11.7. The molecule has 1 aromatic heterocycles. The normalized spacial score (nSPS) is 12.4. The van der Waals surface area contributed by atoms with Gasteiger partial charge in [0.2, 0.25) is 0 Å². The van der Waals surface area contributed by atoms with Crippen molar-refractivity contribution in [3.63, 3.8) is 0 Å². The van der Waals surface area contributed by atoms with Gasteiger partial charge < -0.3 is 14.6 Å². The maximum absolute atomic E-state index is 5.24. The van der Waals surface area contributed by atoms with E-state index in [-0.39, 0.29) is 6.04 Å². The van der Waals surface area contributed by atoms with Crippen molar-refractivity contribution in [3.05, 3.63) is 48.0 Å². The fourth-order valence-corrected chi connectivity index (χ4v) is 1.92. The van der Waals surface area contributed by atoms with Gasteiger partial charge in [0.25, 0.3) is 0 Å². The van der Waals surface area contributed by atoms with Crippen LogP contribution in [0, 0.1) is 0 Å². The van der Waals surface area contributed by atoms with Crippen molar-refractivity contribution in [2.75, 3.05) is 14.2 Å². The van der Waals surface area contributed by atoms with E-state index in [1.54, 1.807) is 13.3 Å². The van der Waals surface area contributed by atoms with Gasteiger partial charge in [-0.15, -0.1) is 0 Å². The summed E-state index contributed by atoms with van der Waals surface area (Å²) in [5.74, 6) is 1.85. The lowest BCUT2D eigenvalue weighted by Crippen LogP contribution is -2.21. The van der Waals surface area contributed by atoms with Crippen LogP contribution < -0.4 is 10.1 Å². The van der Waals surface area contributed by atoms with E-state index in [9.17, 15) is 0 Å². The molecule has 0 spiro atoms. The molecule has 1 atom stereocenters. The van der Waals surface area contributed by atoms with Gasteiger partial charge in [0.1, 0.15) is 11.6 Å². The van der Waals surface area contributed by atoms with Crippen LogP contribution in [0.5, 0.6) is 5.75 Å². The van der Waals surface area contributed by atoms with E-state index in [0.29, 0.717) is 0 Å². The van der Waals surface area contributed by atoms with Crippen LogP contribution in [0.15, 0.2) is 36.7 Å². The number of ether oxygens (including phenoxy) is 1. The lowest BCUT2D eigenvalue weighted by atomic mass is 10.1. The number of hydrogen-bond donors (Lipinski definition) is 1. The molecule has 2 rings (SSSR count). The predicted molar refractivity (Wildman–Crippen MR) is 67.1 cm³/mol. The van der Waals surface area contributed by atoms with E-state index in [4.69, 9.17) is 4.74 Å². The summed E-state index contributed by atoms with van der Waals surface area (Å²) in [6.45, 7) is 0. The summed E-state index contributed by atoms with van der Waals surface area (Å²) in [5, 5.41) is 3.27. The molecule has 4 heteroatoms. The third kappa shape index (κ3) is 2.31. The minimum Gasteiger partial charge on any atom is -0.497 e. The van der Waals surface area contributed by atoms with E-state index in [0.717, 1.165) is 17.1 Å². The van der Waals surface area contributed by atoms with Crippen molar-refractivity contribution >= 4 is 0 Å². The van der Waals surface area contributed by atoms with Crippen LogP contribution in [0.1, 0.15) is 17.4 Å². The first-order valence-corrected chi connectivity index (χ1v) is 5.54. The Labute approximate surface area is 101 Å². The average molecular weight is 231 g/mol. The second-order valence-electron chi connectivity index (χ2n) is 3.89. The van der Waals surface area contributed by atoms with Crippen LogP contribution in [-0.4, -0.2) is 23.7 Å². The second kappa shape index (κ2) is 5.01. The summed E-state index contributed by atoms with van der Waals surface area (Å²) in [6, 6.07) is 8.09. The average Bonchev–Trinajstić information content (AvgIpc) is 2.77. The molecule has 0 aliphatic rings. The summed E-state index contributed by atoms with van der Waals surface area (Å²) in [7, 11) is 5.60. The van der Waals surface area contributed by atoms with Gasteiger partial charge in [-0.25, -0.2) is 4.98 Å². The van der Waals surface area contributed by atoms with Crippen molar-refractivity contribution < 1.29 is 4.74 Å². The highest BCUT2D eigenvalue weighted by Gasteiger charge is 2.16. The molecule has 0 aliphatic carbocycles. The molecule has 0 fully saturated rings. The van der Waals surface area contributed by atoms with E-state index < -0.39 is 0 Å². The zero-order valence-electron chi connectivity index (χ0n) is 10.3. The number of aromatic nitrogens is 2. The van der Waals surface area contributed by atoms with Crippen LogP contribution >= 0.6 is 0 Å². The minimum absolute atomic E-state index is 0.0742. The summed E-state index contributed by atoms with van der Waals surface area (Å²) >= 11 is 0. The van der Waals surface area contributed by atoms with E-state index in [2.05, 4.69) is 16.4 Å². The first-order valence-electron chi connectivity index (χ1n) is 5.54. The van der Waals surface area contributed by atoms with Gasteiger partial charge in [-0.2, -0.15) is 0 Å². The molecule has 1 unspecified atom stereocenters. The van der Waals surface area contributed by atoms with Gasteiger partial charge in [-0.1, -0.05) is 12.1 Å². The Kier molecular flexibility index (Phi) is 3.44. The van der Waals surface area contributed by atoms with Crippen LogP contribution in [0.4, 0.5) is 0 Å². The Hall–Kier alpha value is -1.81. The lowest BCUT2D eigenvalue weighted by molar-refractivity contribution is 0.413. The van der Waals surface area contributed by atoms with E-state index in [1.807, 2.05) is 43.1 Å². The molecule has 0 aliphatic heterocycles. The summed E-state index contributed by atoms with van der Waals surface area (Å²) in [6.07, 6.45) is 3.75. The minimum atomic E-state index is 0.0742. The molecule has 0 saturated carbocycles. The molecular formula is C13H17N3O. The number of aryl methyl sites for hydroxylation is 1. The second-order valence-corrected chi connectivity index (χ2v) is 3.89. The zero-order valence-corrected chi connectivity index (χ0v) is 10.3. The topological polar surface area (TPSA) is 39.1 Å². The first-order chi connectivity index (χ1) is 8.26. The Morgan fingerprint density at radius 3 is 2.82 bits per heavy atom. The predicted octanol–water partition coefficient (Wildman–Crippen LogP) is 1.74. The Morgan fingerprint density at radius 2 is 2.24 bits per heavy atom. The molecule has 1 heterocycles.